The molecular formula is C19H27N3O4S. The number of sulfonamides is 1. The van der Waals surface area contributed by atoms with Crippen molar-refractivity contribution in [3.8, 4) is 0 Å². The molecule has 2 atom stereocenters. The number of rotatable bonds is 4. The van der Waals surface area contributed by atoms with E-state index in [1.54, 1.807) is 12.1 Å². The molecule has 0 saturated carbocycles. The SMILES string of the molecule is CC[C@H]1CC[C@@H](C)N(C(=O)c2ccc(S(=O)(=O)N3CCNC(=O)C3)cc2)C1. The van der Waals surface area contributed by atoms with Gasteiger partial charge in [0, 0.05) is 31.2 Å². The van der Waals surface area contributed by atoms with Crippen molar-refractivity contribution in [1.29, 1.82) is 0 Å². The van der Waals surface area contributed by atoms with Crippen molar-refractivity contribution in [3.05, 3.63) is 29.8 Å². The topological polar surface area (TPSA) is 86.8 Å². The lowest BCUT2D eigenvalue weighted by Crippen LogP contribution is -2.49. The van der Waals surface area contributed by atoms with Gasteiger partial charge in [0.05, 0.1) is 11.4 Å². The fourth-order valence-corrected chi connectivity index (χ4v) is 5.10. The average Bonchev–Trinajstić information content (AvgIpc) is 2.68. The summed E-state index contributed by atoms with van der Waals surface area (Å²) in [5, 5.41) is 2.61. The summed E-state index contributed by atoms with van der Waals surface area (Å²) in [5.74, 6) is 0.165. The molecule has 1 aromatic rings. The van der Waals surface area contributed by atoms with Crippen LogP contribution in [-0.4, -0.2) is 61.7 Å². The van der Waals surface area contributed by atoms with Gasteiger partial charge in [0.15, 0.2) is 0 Å². The molecule has 0 bridgehead atoms. The maximum atomic E-state index is 12.9. The molecule has 1 N–H and O–H groups in total. The quantitative estimate of drug-likeness (QED) is 0.839. The maximum absolute atomic E-state index is 12.9. The van der Waals surface area contributed by atoms with Crippen LogP contribution in [0.4, 0.5) is 0 Å². The van der Waals surface area contributed by atoms with Crippen LogP contribution in [0.2, 0.25) is 0 Å². The van der Waals surface area contributed by atoms with Crippen LogP contribution in [0, 0.1) is 5.92 Å². The first-order valence-corrected chi connectivity index (χ1v) is 10.9. The first-order chi connectivity index (χ1) is 12.8. The molecule has 7 nitrogen and oxygen atoms in total. The van der Waals surface area contributed by atoms with Crippen molar-refractivity contribution in [2.75, 3.05) is 26.2 Å². The van der Waals surface area contributed by atoms with E-state index in [9.17, 15) is 18.0 Å². The van der Waals surface area contributed by atoms with Gasteiger partial charge in [0.1, 0.15) is 0 Å². The van der Waals surface area contributed by atoms with Gasteiger partial charge in [-0.05, 0) is 49.9 Å². The first-order valence-electron chi connectivity index (χ1n) is 9.50. The summed E-state index contributed by atoms with van der Waals surface area (Å²) < 4.78 is 26.6. The lowest BCUT2D eigenvalue weighted by molar-refractivity contribution is -0.122. The molecule has 2 amide bonds. The Morgan fingerprint density at radius 3 is 2.56 bits per heavy atom. The zero-order valence-electron chi connectivity index (χ0n) is 15.8. The molecule has 0 spiro atoms. The van der Waals surface area contributed by atoms with E-state index in [4.69, 9.17) is 0 Å². The van der Waals surface area contributed by atoms with E-state index in [0.29, 0.717) is 18.0 Å². The summed E-state index contributed by atoms with van der Waals surface area (Å²) in [6.45, 7) is 5.33. The van der Waals surface area contributed by atoms with Crippen molar-refractivity contribution in [2.45, 2.75) is 44.0 Å². The zero-order chi connectivity index (χ0) is 19.6. The molecule has 0 radical (unpaired) electrons. The number of nitrogens with one attached hydrogen (secondary N) is 1. The molecule has 8 heteroatoms. The van der Waals surface area contributed by atoms with Gasteiger partial charge in [-0.25, -0.2) is 8.42 Å². The van der Waals surface area contributed by atoms with Crippen LogP contribution in [0.5, 0.6) is 0 Å². The Morgan fingerprint density at radius 2 is 1.93 bits per heavy atom. The number of benzene rings is 1. The number of carbonyl (C=O) groups excluding carboxylic acids is 2. The van der Waals surface area contributed by atoms with Gasteiger partial charge < -0.3 is 10.2 Å². The van der Waals surface area contributed by atoms with Crippen molar-refractivity contribution < 1.29 is 18.0 Å². The molecule has 0 unspecified atom stereocenters. The van der Waals surface area contributed by atoms with Gasteiger partial charge in [0.25, 0.3) is 5.91 Å². The van der Waals surface area contributed by atoms with E-state index in [1.165, 1.54) is 16.4 Å². The number of piperidine rings is 1. The van der Waals surface area contributed by atoms with E-state index in [0.717, 1.165) is 25.8 Å². The summed E-state index contributed by atoms with van der Waals surface area (Å²) >= 11 is 0. The molecule has 0 aliphatic carbocycles. The van der Waals surface area contributed by atoms with Crippen molar-refractivity contribution in [1.82, 2.24) is 14.5 Å². The third-order valence-electron chi connectivity index (χ3n) is 5.56. The lowest BCUT2D eigenvalue weighted by atomic mass is 9.91. The number of hydrogen-bond donors (Lipinski definition) is 1. The Balaban J connectivity index is 1.76. The van der Waals surface area contributed by atoms with Gasteiger partial charge in [0.2, 0.25) is 15.9 Å². The summed E-state index contributed by atoms with van der Waals surface area (Å²) in [5.41, 5.74) is 0.494. The minimum atomic E-state index is -3.74. The highest BCUT2D eigenvalue weighted by Crippen LogP contribution is 2.26. The van der Waals surface area contributed by atoms with E-state index in [-0.39, 0.29) is 35.8 Å². The molecule has 27 heavy (non-hydrogen) atoms. The number of piperazine rings is 1. The Bertz CT molecular complexity index is 807. The summed E-state index contributed by atoms with van der Waals surface area (Å²) in [4.78, 5) is 26.4. The second-order valence-electron chi connectivity index (χ2n) is 7.37. The monoisotopic (exact) mass is 393 g/mol. The highest BCUT2D eigenvalue weighted by molar-refractivity contribution is 7.89. The first kappa shape index (κ1) is 19.8. The molecule has 0 aromatic heterocycles. The third-order valence-corrected chi connectivity index (χ3v) is 7.42. The van der Waals surface area contributed by atoms with Crippen LogP contribution in [0.3, 0.4) is 0 Å². The second kappa shape index (κ2) is 7.98. The normalized spacial score (nSPS) is 24.5. The Kier molecular flexibility index (Phi) is 5.86. The van der Waals surface area contributed by atoms with Gasteiger partial charge in [-0.3, -0.25) is 9.59 Å². The van der Waals surface area contributed by atoms with Crippen LogP contribution in [0.1, 0.15) is 43.5 Å². The fourth-order valence-electron chi connectivity index (χ4n) is 3.70. The third kappa shape index (κ3) is 4.16. The molecule has 3 rings (SSSR count). The highest BCUT2D eigenvalue weighted by Gasteiger charge is 2.31. The van der Waals surface area contributed by atoms with Gasteiger partial charge in [-0.15, -0.1) is 0 Å². The molecule has 2 saturated heterocycles. The molecule has 2 fully saturated rings. The molecule has 1 aromatic carbocycles. The van der Waals surface area contributed by atoms with Gasteiger partial charge in [-0.1, -0.05) is 13.3 Å². The van der Waals surface area contributed by atoms with Crippen LogP contribution in [-0.2, 0) is 14.8 Å². The Labute approximate surface area is 160 Å². The number of carbonyl (C=O) groups is 2. The number of amides is 2. The van der Waals surface area contributed by atoms with Gasteiger partial charge >= 0.3 is 0 Å². The van der Waals surface area contributed by atoms with Crippen molar-refractivity contribution >= 4 is 21.8 Å². The molecule has 148 valence electrons. The van der Waals surface area contributed by atoms with Crippen molar-refractivity contribution in [2.24, 2.45) is 5.92 Å². The smallest absolute Gasteiger partial charge is 0.254 e. The summed E-state index contributed by atoms with van der Waals surface area (Å²) in [6, 6.07) is 6.25. The maximum Gasteiger partial charge on any atom is 0.254 e. The number of nitrogens with zero attached hydrogens (tertiary/aromatic N) is 2. The fraction of sp³-hybridized carbons (Fsp3) is 0.579. The van der Waals surface area contributed by atoms with E-state index >= 15 is 0 Å². The average molecular weight is 394 g/mol. The molecule has 2 aliphatic heterocycles. The minimum Gasteiger partial charge on any atom is -0.354 e. The van der Waals surface area contributed by atoms with Crippen LogP contribution < -0.4 is 5.32 Å². The summed E-state index contributed by atoms with van der Waals surface area (Å²) in [6.07, 6.45) is 3.19. The predicted molar refractivity (Wildman–Crippen MR) is 102 cm³/mol. The van der Waals surface area contributed by atoms with E-state index in [1.807, 2.05) is 4.90 Å². The Morgan fingerprint density at radius 1 is 1.22 bits per heavy atom. The van der Waals surface area contributed by atoms with Crippen LogP contribution in [0.25, 0.3) is 0 Å². The Hall–Kier alpha value is -1.93. The zero-order valence-corrected chi connectivity index (χ0v) is 16.7. The van der Waals surface area contributed by atoms with Gasteiger partial charge in [-0.2, -0.15) is 4.31 Å². The standard InChI is InChI=1S/C19H27N3O4S/c1-3-15-5-4-14(2)22(12-15)19(24)16-6-8-17(9-7-16)27(25,26)21-11-10-20-18(23)13-21/h6-9,14-15H,3-5,10-13H2,1-2H3,(H,20,23)/t14-,15+/m1/s1. The largest absolute Gasteiger partial charge is 0.354 e. The summed E-state index contributed by atoms with van der Waals surface area (Å²) in [7, 11) is -3.74. The number of hydrogen-bond acceptors (Lipinski definition) is 4. The predicted octanol–water partition coefficient (Wildman–Crippen LogP) is 1.46. The van der Waals surface area contributed by atoms with Crippen molar-refractivity contribution in [3.63, 3.8) is 0 Å². The second-order valence-corrected chi connectivity index (χ2v) is 9.31. The van der Waals surface area contributed by atoms with E-state index in [2.05, 4.69) is 19.2 Å². The van der Waals surface area contributed by atoms with E-state index < -0.39 is 10.0 Å². The van der Waals surface area contributed by atoms with Crippen LogP contribution in [0.15, 0.2) is 29.2 Å². The lowest BCUT2D eigenvalue weighted by Gasteiger charge is -2.38. The van der Waals surface area contributed by atoms with Crippen LogP contribution >= 0.6 is 0 Å². The molecular weight excluding hydrogens is 366 g/mol. The highest BCUT2D eigenvalue weighted by atomic mass is 32.2. The minimum absolute atomic E-state index is 0.0538. The molecule has 2 heterocycles. The number of likely N-dealkylation sites (tertiary alicyclic amines) is 1. The molecule has 2 aliphatic rings.